The molecule has 232 valence electrons. The van der Waals surface area contributed by atoms with Crippen molar-refractivity contribution in [2.75, 3.05) is 23.0 Å². The standard InChI is InChI=1S/C36H30N2O8/c1-3-43-29-15-5-19-17-21(7-13-27(19)45-29)37-33(39)23-9-11-25-32-26(12-10-24(31(23)32)34(37)40)36(42)38(35(25)41)22-8-14-28-20(18-22)6-16-30(46-28)44-4-2/h7-14,17-18,29-30H,3-6,15-16H2,1-2H3. The Morgan fingerprint density at radius 3 is 1.30 bits per heavy atom. The topological polar surface area (TPSA) is 112 Å². The van der Waals surface area contributed by atoms with Gasteiger partial charge in [-0.05, 0) is 98.5 Å². The van der Waals surface area contributed by atoms with E-state index in [4.69, 9.17) is 18.9 Å². The molecule has 4 aromatic carbocycles. The lowest BCUT2D eigenvalue weighted by Gasteiger charge is -2.33. The molecule has 4 amide bonds. The highest BCUT2D eigenvalue weighted by molar-refractivity contribution is 6.42. The molecule has 10 heteroatoms. The summed E-state index contributed by atoms with van der Waals surface area (Å²) < 4.78 is 23.1. The molecule has 10 nitrogen and oxygen atoms in total. The number of amides is 4. The van der Waals surface area contributed by atoms with E-state index in [2.05, 4.69) is 0 Å². The molecule has 0 aromatic heterocycles. The number of carbonyl (C=O) groups is 4. The molecule has 0 radical (unpaired) electrons. The predicted octanol–water partition coefficient (Wildman–Crippen LogP) is 5.82. The zero-order valence-corrected chi connectivity index (χ0v) is 25.3. The Kier molecular flexibility index (Phi) is 6.66. The van der Waals surface area contributed by atoms with Crippen molar-refractivity contribution in [3.63, 3.8) is 0 Å². The van der Waals surface area contributed by atoms with Crippen molar-refractivity contribution in [3.8, 4) is 11.5 Å². The van der Waals surface area contributed by atoms with Crippen LogP contribution in [0.5, 0.6) is 11.5 Å². The van der Waals surface area contributed by atoms with E-state index in [0.717, 1.165) is 20.9 Å². The summed E-state index contributed by atoms with van der Waals surface area (Å²) in [6.07, 6.45) is 2.01. The molecule has 8 rings (SSSR count). The van der Waals surface area contributed by atoms with Crippen LogP contribution in [0.15, 0.2) is 60.7 Å². The third kappa shape index (κ3) is 4.24. The molecule has 0 spiro atoms. The fraction of sp³-hybridized carbons (Fsp3) is 0.278. The number of benzene rings is 4. The average molecular weight is 619 g/mol. The van der Waals surface area contributed by atoms with E-state index in [-0.39, 0.29) is 34.8 Å². The SMILES string of the molecule is CCOC1CCc2cc(N3C(=O)c4ccc5c6c(ccc(c46)C3=O)C(=O)N(c3ccc4c(c3)CCC(OCC)O4)C5=O)ccc2O1. The van der Waals surface area contributed by atoms with Crippen LogP contribution < -0.4 is 19.3 Å². The second kappa shape index (κ2) is 10.8. The number of rotatable bonds is 6. The third-order valence-electron chi connectivity index (χ3n) is 9.02. The summed E-state index contributed by atoms with van der Waals surface area (Å²) in [5.41, 5.74) is 3.62. The van der Waals surface area contributed by atoms with Gasteiger partial charge in [-0.3, -0.25) is 19.2 Å². The Hall–Kier alpha value is -5.06. The van der Waals surface area contributed by atoms with E-state index in [1.54, 1.807) is 60.7 Å². The van der Waals surface area contributed by atoms with Gasteiger partial charge in [0.1, 0.15) is 11.5 Å². The zero-order chi connectivity index (χ0) is 31.7. The van der Waals surface area contributed by atoms with Gasteiger partial charge in [-0.2, -0.15) is 0 Å². The number of fused-ring (bicyclic) bond motifs is 2. The molecule has 4 aliphatic heterocycles. The minimum Gasteiger partial charge on any atom is -0.465 e. The van der Waals surface area contributed by atoms with Crippen molar-refractivity contribution in [3.05, 3.63) is 94.0 Å². The Morgan fingerprint density at radius 1 is 0.587 bits per heavy atom. The van der Waals surface area contributed by atoms with Crippen LogP contribution in [-0.2, 0) is 22.3 Å². The summed E-state index contributed by atoms with van der Waals surface area (Å²) in [6, 6.07) is 16.8. The van der Waals surface area contributed by atoms with Gasteiger partial charge in [0.15, 0.2) is 12.6 Å². The van der Waals surface area contributed by atoms with E-state index >= 15 is 0 Å². The first-order chi connectivity index (χ1) is 22.4. The average Bonchev–Trinajstić information content (AvgIpc) is 3.06. The van der Waals surface area contributed by atoms with Gasteiger partial charge >= 0.3 is 0 Å². The molecule has 4 heterocycles. The monoisotopic (exact) mass is 618 g/mol. The van der Waals surface area contributed by atoms with Gasteiger partial charge in [0.25, 0.3) is 23.6 Å². The minimum atomic E-state index is -0.521. The number of hydrogen-bond donors (Lipinski definition) is 0. The Balaban J connectivity index is 1.15. The maximum atomic E-state index is 14.0. The third-order valence-corrected chi connectivity index (χ3v) is 9.02. The summed E-state index contributed by atoms with van der Waals surface area (Å²) >= 11 is 0. The summed E-state index contributed by atoms with van der Waals surface area (Å²) in [5.74, 6) is -0.765. The van der Waals surface area contributed by atoms with E-state index in [1.165, 1.54) is 0 Å². The van der Waals surface area contributed by atoms with Crippen LogP contribution in [0.1, 0.15) is 79.2 Å². The van der Waals surface area contributed by atoms with Crippen LogP contribution >= 0.6 is 0 Å². The number of anilines is 2. The van der Waals surface area contributed by atoms with Gasteiger partial charge in [0.2, 0.25) is 0 Å². The van der Waals surface area contributed by atoms with Crippen molar-refractivity contribution in [2.24, 2.45) is 0 Å². The Morgan fingerprint density at radius 2 is 0.957 bits per heavy atom. The van der Waals surface area contributed by atoms with Crippen molar-refractivity contribution in [2.45, 2.75) is 52.1 Å². The second-order valence-electron chi connectivity index (χ2n) is 11.6. The first kappa shape index (κ1) is 28.4. The molecule has 46 heavy (non-hydrogen) atoms. The van der Waals surface area contributed by atoms with Crippen LogP contribution in [0.3, 0.4) is 0 Å². The molecule has 0 fully saturated rings. The number of hydrogen-bond acceptors (Lipinski definition) is 8. The van der Waals surface area contributed by atoms with E-state index in [9.17, 15) is 19.2 Å². The van der Waals surface area contributed by atoms with Gasteiger partial charge in [0, 0.05) is 59.1 Å². The van der Waals surface area contributed by atoms with E-state index in [0.29, 0.717) is 72.5 Å². The minimum absolute atomic E-state index is 0.254. The normalized spacial score (nSPS) is 20.0. The quantitative estimate of drug-likeness (QED) is 0.249. The summed E-state index contributed by atoms with van der Waals surface area (Å²) in [6.45, 7) is 4.90. The molecule has 4 aromatic rings. The van der Waals surface area contributed by atoms with Gasteiger partial charge in [-0.15, -0.1) is 0 Å². The number of ether oxygens (including phenoxy) is 4. The van der Waals surface area contributed by atoms with Crippen LogP contribution in [0.25, 0.3) is 10.8 Å². The first-order valence-corrected chi connectivity index (χ1v) is 15.6. The molecular formula is C36H30N2O8. The molecule has 0 saturated carbocycles. The van der Waals surface area contributed by atoms with Crippen molar-refractivity contribution in [1.82, 2.24) is 0 Å². The van der Waals surface area contributed by atoms with Gasteiger partial charge in [-0.1, -0.05) is 0 Å². The maximum absolute atomic E-state index is 14.0. The highest BCUT2D eigenvalue weighted by Crippen LogP contribution is 2.42. The summed E-state index contributed by atoms with van der Waals surface area (Å²) in [5, 5.41) is 0.647. The lowest BCUT2D eigenvalue weighted by atomic mass is 9.85. The van der Waals surface area contributed by atoms with Gasteiger partial charge < -0.3 is 18.9 Å². The number of aryl methyl sites for hydroxylation is 2. The largest absolute Gasteiger partial charge is 0.465 e. The van der Waals surface area contributed by atoms with Crippen LogP contribution in [0, 0.1) is 0 Å². The highest BCUT2D eigenvalue weighted by atomic mass is 16.7. The predicted molar refractivity (Wildman–Crippen MR) is 168 cm³/mol. The Bertz CT molecular complexity index is 1790. The first-order valence-electron chi connectivity index (χ1n) is 15.6. The molecule has 4 aliphatic rings. The van der Waals surface area contributed by atoms with Crippen molar-refractivity contribution >= 4 is 45.8 Å². The van der Waals surface area contributed by atoms with Crippen molar-refractivity contribution < 1.29 is 38.1 Å². The van der Waals surface area contributed by atoms with Crippen LogP contribution in [-0.4, -0.2) is 49.4 Å². The maximum Gasteiger partial charge on any atom is 0.265 e. The molecule has 0 bridgehead atoms. The molecule has 0 aliphatic carbocycles. The van der Waals surface area contributed by atoms with Crippen molar-refractivity contribution in [1.29, 1.82) is 0 Å². The molecule has 0 N–H and O–H groups in total. The Labute approximate surface area is 264 Å². The fourth-order valence-corrected chi connectivity index (χ4v) is 6.93. The van der Waals surface area contributed by atoms with Gasteiger partial charge in [-0.25, -0.2) is 9.80 Å². The van der Waals surface area contributed by atoms with Gasteiger partial charge in [0.05, 0.1) is 11.4 Å². The number of imide groups is 2. The number of nitrogens with zero attached hydrogens (tertiary/aromatic N) is 2. The second-order valence-corrected chi connectivity index (χ2v) is 11.6. The zero-order valence-electron chi connectivity index (χ0n) is 25.3. The van der Waals surface area contributed by atoms with E-state index in [1.807, 2.05) is 13.8 Å². The molecule has 2 atom stereocenters. The summed E-state index contributed by atoms with van der Waals surface area (Å²) in [7, 11) is 0. The van der Waals surface area contributed by atoms with Crippen LogP contribution in [0.2, 0.25) is 0 Å². The molecule has 0 saturated heterocycles. The lowest BCUT2D eigenvalue weighted by Crippen LogP contribution is -2.43. The van der Waals surface area contributed by atoms with Crippen LogP contribution in [0.4, 0.5) is 11.4 Å². The smallest absolute Gasteiger partial charge is 0.265 e. The molecular weight excluding hydrogens is 588 g/mol. The lowest BCUT2D eigenvalue weighted by molar-refractivity contribution is -0.0864. The number of carbonyl (C=O) groups excluding carboxylic acids is 4. The fourth-order valence-electron chi connectivity index (χ4n) is 6.93. The highest BCUT2D eigenvalue weighted by Gasteiger charge is 2.41. The summed E-state index contributed by atoms with van der Waals surface area (Å²) in [4.78, 5) is 58.1. The van der Waals surface area contributed by atoms with E-state index < -0.39 is 23.6 Å². The molecule has 2 unspecified atom stereocenters.